The minimum absolute atomic E-state index is 0.00286. The SMILES string of the molecule is CC[C@H](C(=O)N1CCN(C)CC1)n1cnc2c(sc3ncccc32)c1=O. The van der Waals surface area contributed by atoms with Crippen molar-refractivity contribution in [2.24, 2.45) is 0 Å². The molecule has 7 nitrogen and oxygen atoms in total. The van der Waals surface area contributed by atoms with Crippen LogP contribution >= 0.6 is 11.3 Å². The lowest BCUT2D eigenvalue weighted by atomic mass is 10.1. The van der Waals surface area contributed by atoms with Crippen molar-refractivity contribution in [1.82, 2.24) is 24.3 Å². The zero-order valence-corrected chi connectivity index (χ0v) is 15.7. The highest BCUT2D eigenvalue weighted by Gasteiger charge is 2.28. The molecule has 0 saturated carbocycles. The molecule has 1 saturated heterocycles. The lowest BCUT2D eigenvalue weighted by Gasteiger charge is -2.34. The Bertz CT molecular complexity index is 1020. The second kappa shape index (κ2) is 6.77. The number of likely N-dealkylation sites (N-methyl/N-ethyl adjacent to an activating group) is 1. The monoisotopic (exact) mass is 371 g/mol. The van der Waals surface area contributed by atoms with E-state index in [0.717, 1.165) is 23.3 Å². The number of piperazine rings is 1. The number of thiophene rings is 1. The number of pyridine rings is 1. The van der Waals surface area contributed by atoms with Gasteiger partial charge in [-0.15, -0.1) is 11.3 Å². The number of hydrogen-bond donors (Lipinski definition) is 0. The molecular formula is C18H21N5O2S. The normalized spacial score (nSPS) is 17.1. The molecule has 0 aromatic carbocycles. The average Bonchev–Trinajstić information content (AvgIpc) is 3.04. The number of carbonyl (C=O) groups is 1. The van der Waals surface area contributed by atoms with E-state index in [1.165, 1.54) is 22.2 Å². The zero-order chi connectivity index (χ0) is 18.3. The molecule has 0 aliphatic carbocycles. The van der Waals surface area contributed by atoms with Crippen molar-refractivity contribution >= 4 is 37.7 Å². The molecule has 0 bridgehead atoms. The van der Waals surface area contributed by atoms with Crippen LogP contribution in [0.5, 0.6) is 0 Å². The highest BCUT2D eigenvalue weighted by Crippen LogP contribution is 2.28. The van der Waals surface area contributed by atoms with Crippen LogP contribution in [-0.4, -0.2) is 63.5 Å². The van der Waals surface area contributed by atoms with Crippen molar-refractivity contribution in [2.75, 3.05) is 33.2 Å². The first kappa shape index (κ1) is 17.1. The van der Waals surface area contributed by atoms with E-state index in [0.29, 0.717) is 29.7 Å². The average molecular weight is 371 g/mol. The number of aromatic nitrogens is 3. The van der Waals surface area contributed by atoms with Gasteiger partial charge in [-0.1, -0.05) is 6.92 Å². The fourth-order valence-corrected chi connectivity index (χ4v) is 4.47. The summed E-state index contributed by atoms with van der Waals surface area (Å²) >= 11 is 1.34. The van der Waals surface area contributed by atoms with Gasteiger partial charge in [0.05, 0.1) is 11.8 Å². The van der Waals surface area contributed by atoms with Crippen molar-refractivity contribution < 1.29 is 4.79 Å². The third-order valence-corrected chi connectivity index (χ3v) is 6.09. The molecule has 8 heteroatoms. The summed E-state index contributed by atoms with van der Waals surface area (Å²) in [6.45, 7) is 5.04. The number of rotatable bonds is 3. The van der Waals surface area contributed by atoms with Crippen LogP contribution in [0.4, 0.5) is 0 Å². The second-order valence-electron chi connectivity index (χ2n) is 6.65. The summed E-state index contributed by atoms with van der Waals surface area (Å²) in [5.74, 6) is 0.00286. The van der Waals surface area contributed by atoms with Gasteiger partial charge in [-0.2, -0.15) is 0 Å². The molecule has 1 atom stereocenters. The molecule has 0 radical (unpaired) electrons. The van der Waals surface area contributed by atoms with E-state index in [1.807, 2.05) is 24.0 Å². The van der Waals surface area contributed by atoms with E-state index < -0.39 is 6.04 Å². The molecule has 136 valence electrons. The van der Waals surface area contributed by atoms with Gasteiger partial charge < -0.3 is 9.80 Å². The lowest BCUT2D eigenvalue weighted by Crippen LogP contribution is -2.50. The number of hydrogen-bond acceptors (Lipinski definition) is 6. The van der Waals surface area contributed by atoms with Crippen molar-refractivity contribution in [3.05, 3.63) is 35.0 Å². The molecule has 1 fully saturated rings. The Morgan fingerprint density at radius 1 is 1.27 bits per heavy atom. The van der Waals surface area contributed by atoms with E-state index in [-0.39, 0.29) is 11.5 Å². The van der Waals surface area contributed by atoms with Crippen LogP contribution in [0.3, 0.4) is 0 Å². The fourth-order valence-electron chi connectivity index (χ4n) is 3.43. The summed E-state index contributed by atoms with van der Waals surface area (Å²) in [4.78, 5) is 39.7. The highest BCUT2D eigenvalue weighted by atomic mass is 32.1. The summed E-state index contributed by atoms with van der Waals surface area (Å²) in [5.41, 5.74) is 0.508. The molecule has 3 aromatic rings. The highest BCUT2D eigenvalue weighted by molar-refractivity contribution is 7.25. The minimum atomic E-state index is -0.513. The first-order valence-electron chi connectivity index (χ1n) is 8.82. The number of carbonyl (C=O) groups excluding carboxylic acids is 1. The third kappa shape index (κ3) is 2.79. The van der Waals surface area contributed by atoms with Gasteiger partial charge in [0.15, 0.2) is 0 Å². The van der Waals surface area contributed by atoms with Crippen molar-refractivity contribution in [3.8, 4) is 0 Å². The molecule has 4 rings (SSSR count). The molecule has 1 aliphatic heterocycles. The smallest absolute Gasteiger partial charge is 0.272 e. The second-order valence-corrected chi connectivity index (χ2v) is 7.64. The summed E-state index contributed by atoms with van der Waals surface area (Å²) in [7, 11) is 2.05. The molecule has 0 unspecified atom stereocenters. The number of amides is 1. The molecule has 0 N–H and O–H groups in total. The standard InChI is InChI=1S/C18H21N5O2S/c1-3-13(17(24)22-9-7-21(2)8-10-22)23-11-20-14-12-5-4-6-19-16(12)26-15(14)18(23)25/h4-6,11,13H,3,7-10H2,1-2H3/t13-/m1/s1. The van der Waals surface area contributed by atoms with Crippen LogP contribution in [0.15, 0.2) is 29.5 Å². The van der Waals surface area contributed by atoms with Crippen LogP contribution < -0.4 is 5.56 Å². The molecule has 4 heterocycles. The van der Waals surface area contributed by atoms with E-state index in [4.69, 9.17) is 0 Å². The molecule has 1 aliphatic rings. The van der Waals surface area contributed by atoms with Crippen molar-refractivity contribution in [3.63, 3.8) is 0 Å². The van der Waals surface area contributed by atoms with Gasteiger partial charge in [0.1, 0.15) is 15.6 Å². The maximum Gasteiger partial charge on any atom is 0.272 e. The Morgan fingerprint density at radius 3 is 2.77 bits per heavy atom. The predicted octanol–water partition coefficient (Wildman–Crippen LogP) is 1.73. The van der Waals surface area contributed by atoms with Gasteiger partial charge >= 0.3 is 0 Å². The Kier molecular flexibility index (Phi) is 4.46. The van der Waals surface area contributed by atoms with Gasteiger partial charge in [-0.3, -0.25) is 14.2 Å². The Hall–Kier alpha value is -2.32. The van der Waals surface area contributed by atoms with E-state index in [9.17, 15) is 9.59 Å². The first-order valence-corrected chi connectivity index (χ1v) is 9.63. The predicted molar refractivity (Wildman–Crippen MR) is 103 cm³/mol. The van der Waals surface area contributed by atoms with Crippen molar-refractivity contribution in [2.45, 2.75) is 19.4 Å². The zero-order valence-electron chi connectivity index (χ0n) is 14.9. The maximum atomic E-state index is 13.1. The van der Waals surface area contributed by atoms with Crippen LogP contribution in [0.1, 0.15) is 19.4 Å². The maximum absolute atomic E-state index is 13.1. The third-order valence-electron chi connectivity index (χ3n) is 5.00. The van der Waals surface area contributed by atoms with E-state index >= 15 is 0 Å². The molecule has 0 spiro atoms. The molecular weight excluding hydrogens is 350 g/mol. The Labute approximate surface area is 154 Å². The van der Waals surface area contributed by atoms with Crippen LogP contribution in [0.25, 0.3) is 20.4 Å². The van der Waals surface area contributed by atoms with Crippen molar-refractivity contribution in [1.29, 1.82) is 0 Å². The Morgan fingerprint density at radius 2 is 2.04 bits per heavy atom. The quantitative estimate of drug-likeness (QED) is 0.701. The lowest BCUT2D eigenvalue weighted by molar-refractivity contribution is -0.136. The Balaban J connectivity index is 1.74. The fraction of sp³-hybridized carbons (Fsp3) is 0.444. The van der Waals surface area contributed by atoms with Gasteiger partial charge in [0, 0.05) is 37.8 Å². The summed E-state index contributed by atoms with van der Waals surface area (Å²) in [6.07, 6.45) is 3.79. The molecule has 3 aromatic heterocycles. The van der Waals surface area contributed by atoms with Gasteiger partial charge in [0.25, 0.3) is 5.56 Å². The minimum Gasteiger partial charge on any atom is -0.338 e. The number of nitrogens with zero attached hydrogens (tertiary/aromatic N) is 5. The molecule has 1 amide bonds. The first-order chi connectivity index (χ1) is 12.6. The van der Waals surface area contributed by atoms with Crippen LogP contribution in [0.2, 0.25) is 0 Å². The summed E-state index contributed by atoms with van der Waals surface area (Å²) in [6, 6.07) is 3.25. The summed E-state index contributed by atoms with van der Waals surface area (Å²) < 4.78 is 2.06. The topological polar surface area (TPSA) is 71.3 Å². The van der Waals surface area contributed by atoms with E-state index in [1.54, 1.807) is 6.20 Å². The summed E-state index contributed by atoms with van der Waals surface area (Å²) in [5, 5.41) is 0.884. The van der Waals surface area contributed by atoms with Crippen LogP contribution in [0, 0.1) is 0 Å². The van der Waals surface area contributed by atoms with Crippen LogP contribution in [-0.2, 0) is 4.79 Å². The molecule has 26 heavy (non-hydrogen) atoms. The van der Waals surface area contributed by atoms with E-state index in [2.05, 4.69) is 21.9 Å². The van der Waals surface area contributed by atoms with Gasteiger partial charge in [-0.25, -0.2) is 9.97 Å². The van der Waals surface area contributed by atoms with Gasteiger partial charge in [-0.05, 0) is 25.6 Å². The number of fused-ring (bicyclic) bond motifs is 3. The largest absolute Gasteiger partial charge is 0.338 e. The van der Waals surface area contributed by atoms with Gasteiger partial charge in [0.2, 0.25) is 5.91 Å².